The molecule has 6 heteroatoms. The van der Waals surface area contributed by atoms with Crippen LogP contribution in [0.2, 0.25) is 0 Å². The zero-order valence-corrected chi connectivity index (χ0v) is 13.4. The number of carbonyl (C=O) groups excluding carboxylic acids is 3. The van der Waals surface area contributed by atoms with Gasteiger partial charge in [-0.05, 0) is 50.1 Å². The van der Waals surface area contributed by atoms with Gasteiger partial charge in [-0.15, -0.1) is 0 Å². The van der Waals surface area contributed by atoms with Gasteiger partial charge in [0.25, 0.3) is 11.8 Å². The predicted molar refractivity (Wildman–Crippen MR) is 85.1 cm³/mol. The summed E-state index contributed by atoms with van der Waals surface area (Å²) in [5.41, 5.74) is 3.20. The van der Waals surface area contributed by atoms with E-state index in [1.807, 2.05) is 26.0 Å². The van der Waals surface area contributed by atoms with Gasteiger partial charge in [0, 0.05) is 11.4 Å². The summed E-state index contributed by atoms with van der Waals surface area (Å²) < 4.78 is 0. The molecule has 1 aromatic carbocycles. The van der Waals surface area contributed by atoms with Crippen LogP contribution in [0.1, 0.15) is 44.1 Å². The fourth-order valence-electron chi connectivity index (χ4n) is 2.71. The molecule has 0 unspecified atom stereocenters. The van der Waals surface area contributed by atoms with E-state index in [0.717, 1.165) is 17.0 Å². The Morgan fingerprint density at radius 1 is 1.04 bits per heavy atom. The summed E-state index contributed by atoms with van der Waals surface area (Å²) in [6.07, 6.45) is 0.516. The fraction of sp³-hybridized carbons (Fsp3) is 0.222. The van der Waals surface area contributed by atoms with Crippen molar-refractivity contribution in [3.63, 3.8) is 0 Å². The van der Waals surface area contributed by atoms with Crippen LogP contribution in [0.15, 0.2) is 36.4 Å². The summed E-state index contributed by atoms with van der Waals surface area (Å²) in [5, 5.41) is 0.538. The molecule has 0 aliphatic carbocycles. The second-order valence-corrected chi connectivity index (χ2v) is 5.67. The van der Waals surface area contributed by atoms with Crippen LogP contribution in [-0.4, -0.2) is 27.8 Å². The average molecular weight is 324 g/mol. The summed E-state index contributed by atoms with van der Waals surface area (Å²) in [6.45, 7) is 3.77. The molecule has 122 valence electrons. The third-order valence-electron chi connectivity index (χ3n) is 3.71. The van der Waals surface area contributed by atoms with Crippen molar-refractivity contribution < 1.29 is 19.2 Å². The highest BCUT2D eigenvalue weighted by atomic mass is 16.7. The van der Waals surface area contributed by atoms with Gasteiger partial charge < -0.3 is 4.84 Å². The minimum absolute atomic E-state index is 0.0658. The number of imide groups is 1. The molecule has 0 saturated carbocycles. The number of aryl methyl sites for hydroxylation is 3. The topological polar surface area (TPSA) is 76.6 Å². The van der Waals surface area contributed by atoms with E-state index in [9.17, 15) is 14.4 Å². The first-order chi connectivity index (χ1) is 11.5. The van der Waals surface area contributed by atoms with Crippen LogP contribution in [-0.2, 0) is 16.1 Å². The number of rotatable bonds is 4. The van der Waals surface area contributed by atoms with Gasteiger partial charge in [-0.2, -0.15) is 0 Å². The molecular formula is C18H16N2O4. The van der Waals surface area contributed by atoms with Gasteiger partial charge in [0.2, 0.25) is 0 Å². The Kier molecular flexibility index (Phi) is 4.12. The molecule has 2 amide bonds. The number of hydroxylamine groups is 2. The maximum atomic E-state index is 12.1. The number of hydrogen-bond acceptors (Lipinski definition) is 5. The van der Waals surface area contributed by atoms with E-state index in [4.69, 9.17) is 4.84 Å². The van der Waals surface area contributed by atoms with Gasteiger partial charge in [-0.25, -0.2) is 4.79 Å². The van der Waals surface area contributed by atoms with Gasteiger partial charge in [0.05, 0.1) is 17.5 Å². The van der Waals surface area contributed by atoms with Crippen molar-refractivity contribution in [1.82, 2.24) is 10.0 Å². The van der Waals surface area contributed by atoms with E-state index in [1.54, 1.807) is 12.1 Å². The van der Waals surface area contributed by atoms with Crippen LogP contribution in [0.5, 0.6) is 0 Å². The molecule has 0 saturated heterocycles. The lowest BCUT2D eigenvalue weighted by atomic mass is 10.1. The lowest BCUT2D eigenvalue weighted by Gasteiger charge is -2.12. The minimum atomic E-state index is -0.628. The molecule has 1 aliphatic heterocycles. The number of hydrogen-bond donors (Lipinski definition) is 0. The highest BCUT2D eigenvalue weighted by molar-refractivity contribution is 6.20. The van der Waals surface area contributed by atoms with Crippen LogP contribution >= 0.6 is 0 Å². The Balaban J connectivity index is 1.64. The molecule has 1 aromatic heterocycles. The normalized spacial score (nSPS) is 13.2. The van der Waals surface area contributed by atoms with Crippen LogP contribution in [0.25, 0.3) is 0 Å². The van der Waals surface area contributed by atoms with E-state index in [0.29, 0.717) is 11.5 Å². The summed E-state index contributed by atoms with van der Waals surface area (Å²) in [5.74, 6) is -1.85. The maximum absolute atomic E-state index is 12.1. The fourth-order valence-corrected chi connectivity index (χ4v) is 2.71. The molecule has 2 aromatic rings. The summed E-state index contributed by atoms with van der Waals surface area (Å²) in [7, 11) is 0. The zero-order chi connectivity index (χ0) is 17.3. The molecule has 0 fully saturated rings. The van der Waals surface area contributed by atoms with Crippen LogP contribution < -0.4 is 0 Å². The van der Waals surface area contributed by atoms with Gasteiger partial charge in [-0.1, -0.05) is 17.2 Å². The van der Waals surface area contributed by atoms with Gasteiger partial charge >= 0.3 is 5.97 Å². The lowest BCUT2D eigenvalue weighted by Crippen LogP contribution is -2.32. The maximum Gasteiger partial charge on any atom is 0.333 e. The molecular weight excluding hydrogens is 308 g/mol. The standard InChI is InChI=1S/C18H16N2O4/c1-11-9-13(10-12(2)19-11)7-8-16(21)24-20-17(22)14-5-3-4-6-15(14)18(20)23/h3-6,9-10H,7-8H2,1-2H3. The minimum Gasteiger partial charge on any atom is -0.330 e. The monoisotopic (exact) mass is 324 g/mol. The Bertz CT molecular complexity index is 789. The summed E-state index contributed by atoms with van der Waals surface area (Å²) in [6, 6.07) is 10.2. The summed E-state index contributed by atoms with van der Waals surface area (Å²) in [4.78, 5) is 45.5. The third-order valence-corrected chi connectivity index (χ3v) is 3.71. The van der Waals surface area contributed by atoms with Crippen molar-refractivity contribution in [3.8, 4) is 0 Å². The molecule has 0 radical (unpaired) electrons. The SMILES string of the molecule is Cc1cc(CCC(=O)ON2C(=O)c3ccccc3C2=O)cc(C)n1. The quantitative estimate of drug-likeness (QED) is 0.807. The van der Waals surface area contributed by atoms with E-state index in [1.165, 1.54) is 12.1 Å². The summed E-state index contributed by atoms with van der Waals surface area (Å²) >= 11 is 0. The Morgan fingerprint density at radius 2 is 1.58 bits per heavy atom. The third kappa shape index (κ3) is 3.03. The molecule has 2 heterocycles. The molecule has 6 nitrogen and oxygen atoms in total. The highest BCUT2D eigenvalue weighted by Gasteiger charge is 2.38. The second kappa shape index (κ2) is 6.23. The number of fused-ring (bicyclic) bond motifs is 1. The van der Waals surface area contributed by atoms with Crippen LogP contribution in [0.3, 0.4) is 0 Å². The first kappa shape index (κ1) is 15.9. The predicted octanol–water partition coefficient (Wildman–Crippen LogP) is 2.39. The number of amides is 2. The molecule has 0 spiro atoms. The van der Waals surface area contributed by atoms with E-state index < -0.39 is 17.8 Å². The Labute approximate surface area is 139 Å². The van der Waals surface area contributed by atoms with Crippen molar-refractivity contribution >= 4 is 17.8 Å². The molecule has 24 heavy (non-hydrogen) atoms. The Hall–Kier alpha value is -3.02. The number of carbonyl (C=O) groups is 3. The first-order valence-corrected chi connectivity index (χ1v) is 7.58. The van der Waals surface area contributed by atoms with Gasteiger partial charge in [0.15, 0.2) is 0 Å². The number of aromatic nitrogens is 1. The molecule has 3 rings (SSSR count). The molecule has 1 aliphatic rings. The van der Waals surface area contributed by atoms with Crippen molar-refractivity contribution in [1.29, 1.82) is 0 Å². The lowest BCUT2D eigenvalue weighted by molar-refractivity contribution is -0.168. The van der Waals surface area contributed by atoms with Gasteiger partial charge in [0.1, 0.15) is 0 Å². The van der Waals surface area contributed by atoms with E-state index in [-0.39, 0.29) is 17.5 Å². The van der Waals surface area contributed by atoms with Crippen molar-refractivity contribution in [2.24, 2.45) is 0 Å². The van der Waals surface area contributed by atoms with E-state index in [2.05, 4.69) is 4.98 Å². The largest absolute Gasteiger partial charge is 0.333 e. The van der Waals surface area contributed by atoms with Crippen molar-refractivity contribution in [2.45, 2.75) is 26.7 Å². The van der Waals surface area contributed by atoms with Crippen molar-refractivity contribution in [3.05, 3.63) is 64.5 Å². The highest BCUT2D eigenvalue weighted by Crippen LogP contribution is 2.23. The molecule has 0 bridgehead atoms. The first-order valence-electron chi connectivity index (χ1n) is 7.58. The van der Waals surface area contributed by atoms with Crippen LogP contribution in [0.4, 0.5) is 0 Å². The van der Waals surface area contributed by atoms with Crippen LogP contribution in [0, 0.1) is 13.8 Å². The number of benzene rings is 1. The Morgan fingerprint density at radius 3 is 2.12 bits per heavy atom. The number of pyridine rings is 1. The average Bonchev–Trinajstić information content (AvgIpc) is 2.78. The van der Waals surface area contributed by atoms with Crippen molar-refractivity contribution in [2.75, 3.05) is 0 Å². The zero-order valence-electron chi connectivity index (χ0n) is 13.4. The van der Waals surface area contributed by atoms with E-state index >= 15 is 0 Å². The van der Waals surface area contributed by atoms with Gasteiger partial charge in [-0.3, -0.25) is 14.6 Å². The smallest absolute Gasteiger partial charge is 0.330 e. The molecule has 0 atom stereocenters. The molecule has 0 N–H and O–H groups in total. The number of nitrogens with zero attached hydrogens (tertiary/aromatic N) is 2. The second-order valence-electron chi connectivity index (χ2n) is 5.67.